The van der Waals surface area contributed by atoms with Crippen LogP contribution in [0.1, 0.15) is 19.8 Å². The van der Waals surface area contributed by atoms with Gasteiger partial charge in [-0.25, -0.2) is 0 Å². The fourth-order valence-corrected chi connectivity index (χ4v) is 2.38. The van der Waals surface area contributed by atoms with Gasteiger partial charge in [0.2, 0.25) is 5.91 Å². The largest absolute Gasteiger partial charge is 0.345 e. The Bertz CT molecular complexity index is 232. The molecule has 16 heavy (non-hydrogen) atoms. The zero-order chi connectivity index (χ0) is 12.1. The van der Waals surface area contributed by atoms with Gasteiger partial charge in [0.05, 0.1) is 0 Å². The molecule has 1 amide bonds. The van der Waals surface area contributed by atoms with Crippen LogP contribution in [-0.4, -0.2) is 56.0 Å². The van der Waals surface area contributed by atoms with E-state index in [-0.39, 0.29) is 11.8 Å². The Balaban J connectivity index is 2.38. The summed E-state index contributed by atoms with van der Waals surface area (Å²) in [4.78, 5) is 16.1. The van der Waals surface area contributed by atoms with Crippen molar-refractivity contribution in [2.24, 2.45) is 17.6 Å². The summed E-state index contributed by atoms with van der Waals surface area (Å²) >= 11 is 0. The number of hydrogen-bond donors (Lipinski definition) is 1. The van der Waals surface area contributed by atoms with Gasteiger partial charge < -0.3 is 15.5 Å². The molecule has 2 N–H and O–H groups in total. The monoisotopic (exact) mass is 227 g/mol. The predicted molar refractivity (Wildman–Crippen MR) is 66.1 cm³/mol. The second-order valence-corrected chi connectivity index (χ2v) is 5.13. The molecule has 94 valence electrons. The molecule has 0 bridgehead atoms. The lowest BCUT2D eigenvalue weighted by atomic mass is 9.97. The van der Waals surface area contributed by atoms with Crippen molar-refractivity contribution >= 4 is 5.91 Å². The van der Waals surface area contributed by atoms with Crippen LogP contribution in [0.4, 0.5) is 0 Å². The smallest absolute Gasteiger partial charge is 0.226 e. The van der Waals surface area contributed by atoms with Crippen LogP contribution in [0.2, 0.25) is 0 Å². The van der Waals surface area contributed by atoms with Gasteiger partial charge in [-0.1, -0.05) is 6.92 Å². The summed E-state index contributed by atoms with van der Waals surface area (Å²) in [5, 5.41) is 0. The van der Waals surface area contributed by atoms with Crippen molar-refractivity contribution in [1.82, 2.24) is 9.80 Å². The molecule has 0 aromatic rings. The number of hydrogen-bond acceptors (Lipinski definition) is 3. The van der Waals surface area contributed by atoms with Crippen LogP contribution in [0.5, 0.6) is 0 Å². The van der Waals surface area contributed by atoms with Crippen molar-refractivity contribution in [1.29, 1.82) is 0 Å². The Kier molecular flexibility index (Phi) is 5.22. The fourth-order valence-electron chi connectivity index (χ4n) is 2.38. The third kappa shape index (κ3) is 3.76. The van der Waals surface area contributed by atoms with Gasteiger partial charge in [-0.05, 0) is 32.4 Å². The average Bonchev–Trinajstić information content (AvgIpc) is 2.27. The molecule has 2 atom stereocenters. The molecular weight excluding hydrogens is 202 g/mol. The molecular formula is C12H25N3O. The SMILES string of the molecule is CC(CN)C(=O)N(C)CC1CCCN(C)C1. The summed E-state index contributed by atoms with van der Waals surface area (Å²) in [5.74, 6) is 0.750. The van der Waals surface area contributed by atoms with E-state index in [1.165, 1.54) is 19.4 Å². The van der Waals surface area contributed by atoms with E-state index in [2.05, 4.69) is 11.9 Å². The number of rotatable bonds is 4. The minimum absolute atomic E-state index is 0.0497. The second kappa shape index (κ2) is 6.21. The summed E-state index contributed by atoms with van der Waals surface area (Å²) in [5.41, 5.74) is 5.51. The van der Waals surface area contributed by atoms with Gasteiger partial charge >= 0.3 is 0 Å². The Morgan fingerprint density at radius 2 is 2.31 bits per heavy atom. The molecule has 4 heteroatoms. The van der Waals surface area contributed by atoms with E-state index in [0.29, 0.717) is 12.5 Å². The first-order valence-electron chi connectivity index (χ1n) is 6.18. The topological polar surface area (TPSA) is 49.6 Å². The maximum absolute atomic E-state index is 11.9. The predicted octanol–water partition coefficient (Wildman–Crippen LogP) is 0.381. The van der Waals surface area contributed by atoms with Crippen molar-refractivity contribution in [2.45, 2.75) is 19.8 Å². The molecule has 1 aliphatic rings. The van der Waals surface area contributed by atoms with E-state index in [9.17, 15) is 4.79 Å². The molecule has 1 rings (SSSR count). The van der Waals surface area contributed by atoms with E-state index < -0.39 is 0 Å². The zero-order valence-electron chi connectivity index (χ0n) is 10.8. The van der Waals surface area contributed by atoms with Gasteiger partial charge in [-0.15, -0.1) is 0 Å². The lowest BCUT2D eigenvalue weighted by molar-refractivity contribution is -0.134. The van der Waals surface area contributed by atoms with Crippen LogP contribution in [0, 0.1) is 11.8 Å². The van der Waals surface area contributed by atoms with Crippen molar-refractivity contribution in [3.8, 4) is 0 Å². The standard InChI is InChI=1S/C12H25N3O/c1-10(7-13)12(16)15(3)9-11-5-4-6-14(2)8-11/h10-11H,4-9,13H2,1-3H3. The molecule has 0 aromatic carbocycles. The van der Waals surface area contributed by atoms with Gasteiger partial charge in [0, 0.05) is 32.6 Å². The Hall–Kier alpha value is -0.610. The average molecular weight is 227 g/mol. The number of amides is 1. The number of piperidine rings is 1. The van der Waals surface area contributed by atoms with Gasteiger partial charge in [0.15, 0.2) is 0 Å². The van der Waals surface area contributed by atoms with Crippen LogP contribution >= 0.6 is 0 Å². The normalized spacial score (nSPS) is 24.1. The third-order valence-electron chi connectivity index (χ3n) is 3.41. The number of carbonyl (C=O) groups is 1. The number of nitrogens with zero attached hydrogens (tertiary/aromatic N) is 2. The molecule has 0 saturated carbocycles. The molecule has 1 heterocycles. The van der Waals surface area contributed by atoms with Gasteiger partial charge in [0.25, 0.3) is 0 Å². The van der Waals surface area contributed by atoms with Crippen molar-refractivity contribution < 1.29 is 4.79 Å². The highest BCUT2D eigenvalue weighted by Gasteiger charge is 2.22. The van der Waals surface area contributed by atoms with Gasteiger partial charge in [-0.3, -0.25) is 4.79 Å². The molecule has 1 fully saturated rings. The summed E-state index contributed by atoms with van der Waals surface area (Å²) in [6, 6.07) is 0. The van der Waals surface area contributed by atoms with Crippen molar-refractivity contribution in [3.63, 3.8) is 0 Å². The highest BCUT2D eigenvalue weighted by molar-refractivity contribution is 5.78. The molecule has 0 aliphatic carbocycles. The number of likely N-dealkylation sites (tertiary alicyclic amines) is 1. The minimum Gasteiger partial charge on any atom is -0.345 e. The third-order valence-corrected chi connectivity index (χ3v) is 3.41. The van der Waals surface area contributed by atoms with Crippen LogP contribution in [0.15, 0.2) is 0 Å². The van der Waals surface area contributed by atoms with Crippen molar-refractivity contribution in [3.05, 3.63) is 0 Å². The molecule has 2 unspecified atom stereocenters. The molecule has 1 aliphatic heterocycles. The maximum Gasteiger partial charge on any atom is 0.226 e. The summed E-state index contributed by atoms with van der Waals surface area (Å²) in [7, 11) is 4.04. The van der Waals surface area contributed by atoms with Gasteiger partial charge in [0.1, 0.15) is 0 Å². The summed E-state index contributed by atoms with van der Waals surface area (Å²) in [6.45, 7) is 5.50. The van der Waals surface area contributed by atoms with Crippen LogP contribution < -0.4 is 5.73 Å². The van der Waals surface area contributed by atoms with Gasteiger partial charge in [-0.2, -0.15) is 0 Å². The van der Waals surface area contributed by atoms with Crippen molar-refractivity contribution in [2.75, 3.05) is 40.3 Å². The molecule has 0 radical (unpaired) electrons. The minimum atomic E-state index is -0.0497. The lowest BCUT2D eigenvalue weighted by Gasteiger charge is -2.33. The molecule has 1 saturated heterocycles. The molecule has 0 spiro atoms. The number of carbonyl (C=O) groups excluding carboxylic acids is 1. The first-order valence-corrected chi connectivity index (χ1v) is 6.18. The molecule has 0 aromatic heterocycles. The Morgan fingerprint density at radius 1 is 1.62 bits per heavy atom. The van der Waals surface area contributed by atoms with Crippen LogP contribution in [-0.2, 0) is 4.79 Å². The maximum atomic E-state index is 11.9. The highest BCUT2D eigenvalue weighted by Crippen LogP contribution is 2.16. The van der Waals surface area contributed by atoms with E-state index in [0.717, 1.165) is 13.1 Å². The second-order valence-electron chi connectivity index (χ2n) is 5.13. The Labute approximate surface area is 98.8 Å². The van der Waals surface area contributed by atoms with E-state index >= 15 is 0 Å². The fraction of sp³-hybridized carbons (Fsp3) is 0.917. The van der Waals surface area contributed by atoms with E-state index in [1.54, 1.807) is 0 Å². The molecule has 4 nitrogen and oxygen atoms in total. The van der Waals surface area contributed by atoms with E-state index in [1.807, 2.05) is 18.9 Å². The highest BCUT2D eigenvalue weighted by atomic mass is 16.2. The van der Waals surface area contributed by atoms with E-state index in [4.69, 9.17) is 5.73 Å². The summed E-state index contributed by atoms with van der Waals surface area (Å²) in [6.07, 6.45) is 2.48. The first kappa shape index (κ1) is 13.5. The van der Waals surface area contributed by atoms with Crippen LogP contribution in [0.3, 0.4) is 0 Å². The summed E-state index contributed by atoms with van der Waals surface area (Å²) < 4.78 is 0. The van der Waals surface area contributed by atoms with Crippen LogP contribution in [0.25, 0.3) is 0 Å². The number of nitrogens with two attached hydrogens (primary N) is 1. The lowest BCUT2D eigenvalue weighted by Crippen LogP contribution is -2.42. The Morgan fingerprint density at radius 3 is 2.88 bits per heavy atom. The zero-order valence-corrected chi connectivity index (χ0v) is 10.8. The quantitative estimate of drug-likeness (QED) is 0.755. The first-order chi connectivity index (χ1) is 7.54.